The Morgan fingerprint density at radius 2 is 2.00 bits per heavy atom. The Labute approximate surface area is 190 Å². The number of aromatic amines is 1. The molecule has 166 valence electrons. The van der Waals surface area contributed by atoms with Gasteiger partial charge in [0.2, 0.25) is 0 Å². The van der Waals surface area contributed by atoms with Crippen LogP contribution < -0.4 is 9.46 Å². The molecule has 8 heteroatoms. The van der Waals surface area contributed by atoms with E-state index in [1.807, 2.05) is 0 Å². The van der Waals surface area contributed by atoms with Gasteiger partial charge in [-0.1, -0.05) is 29.0 Å². The third kappa shape index (κ3) is 3.44. The van der Waals surface area contributed by atoms with Crippen molar-refractivity contribution >= 4 is 34.1 Å². The predicted octanol–water partition coefficient (Wildman–Crippen LogP) is 4.82. The minimum absolute atomic E-state index is 0. The van der Waals surface area contributed by atoms with Gasteiger partial charge in [-0.05, 0) is 55.0 Å². The highest BCUT2D eigenvalue weighted by atomic mass is 35.5. The van der Waals surface area contributed by atoms with Crippen molar-refractivity contribution in [1.82, 2.24) is 14.8 Å². The Bertz CT molecular complexity index is 1110. The Morgan fingerprint density at radius 3 is 2.90 bits per heavy atom. The van der Waals surface area contributed by atoms with Gasteiger partial charge in [0.05, 0.1) is 18.6 Å². The molecule has 2 aliphatic heterocycles. The van der Waals surface area contributed by atoms with Gasteiger partial charge >= 0.3 is 0 Å². The summed E-state index contributed by atoms with van der Waals surface area (Å²) in [6.07, 6.45) is 6.11. The maximum absolute atomic E-state index is 6.80. The molecule has 1 spiro atoms. The van der Waals surface area contributed by atoms with Gasteiger partial charge in [0.1, 0.15) is 5.75 Å². The van der Waals surface area contributed by atoms with Crippen LogP contribution in [0.2, 0.25) is 0 Å². The van der Waals surface area contributed by atoms with Crippen LogP contribution in [0.1, 0.15) is 29.5 Å². The van der Waals surface area contributed by atoms with Crippen LogP contribution in [0.3, 0.4) is 0 Å². The molecule has 6 nitrogen and oxygen atoms in total. The fraction of sp³-hybridized carbons (Fsp3) is 0.391. The van der Waals surface area contributed by atoms with E-state index in [1.54, 1.807) is 7.11 Å². The molecule has 6 rings (SSSR count). The molecule has 0 saturated carbocycles. The number of ether oxygens (including phenoxy) is 1. The van der Waals surface area contributed by atoms with Gasteiger partial charge in [0.15, 0.2) is 0 Å². The highest BCUT2D eigenvalue weighted by molar-refractivity contribution is 8.24. The molecule has 3 aliphatic rings. The third-order valence-electron chi connectivity index (χ3n) is 6.45. The average molecular weight is 462 g/mol. The van der Waals surface area contributed by atoms with Crippen LogP contribution in [0.15, 0.2) is 47.5 Å². The second-order valence-corrected chi connectivity index (χ2v) is 10.3. The monoisotopic (exact) mass is 461 g/mol. The lowest BCUT2D eigenvalue weighted by Gasteiger charge is -2.46. The first-order valence-electron chi connectivity index (χ1n) is 10.7. The van der Waals surface area contributed by atoms with Crippen LogP contribution in [0.5, 0.6) is 5.75 Å². The molecule has 2 aromatic carbocycles. The van der Waals surface area contributed by atoms with Crippen LogP contribution in [0.25, 0.3) is 10.9 Å². The minimum atomic E-state index is -1.97. The number of benzene rings is 2. The number of hydrogen-bond acceptors (Lipinski definition) is 5. The van der Waals surface area contributed by atoms with Crippen LogP contribution in [0, 0.1) is 0 Å². The number of nitrogens with one attached hydrogen (secondary N) is 2. The molecular weight excluding hydrogens is 434 g/mol. The van der Waals surface area contributed by atoms with Gasteiger partial charge in [0, 0.05) is 41.8 Å². The first-order chi connectivity index (χ1) is 14.8. The first-order valence-corrected chi connectivity index (χ1v) is 12.2. The maximum Gasteiger partial charge on any atom is 0.122 e. The zero-order valence-corrected chi connectivity index (χ0v) is 19.2. The molecule has 3 heterocycles. The summed E-state index contributed by atoms with van der Waals surface area (Å²) >= 11 is 0. The maximum atomic E-state index is 6.80. The second kappa shape index (κ2) is 8.31. The number of fused-ring (bicyclic) bond motifs is 2. The smallest absolute Gasteiger partial charge is 0.122 e. The summed E-state index contributed by atoms with van der Waals surface area (Å²) in [7, 11) is -0.218. The quantitative estimate of drug-likeness (QED) is 0.573. The van der Waals surface area contributed by atoms with Crippen molar-refractivity contribution in [1.29, 1.82) is 0 Å². The number of nitrogens with zero attached hydrogens (tertiary/aromatic N) is 1. The highest BCUT2D eigenvalue weighted by Crippen LogP contribution is 2.60. The molecule has 3 aromatic rings. The van der Waals surface area contributed by atoms with E-state index in [4.69, 9.17) is 13.2 Å². The lowest BCUT2D eigenvalue weighted by atomic mass is 9.88. The van der Waals surface area contributed by atoms with E-state index in [0.29, 0.717) is 0 Å². The van der Waals surface area contributed by atoms with Crippen molar-refractivity contribution in [2.24, 2.45) is 0 Å². The molecular formula is C23H28ClN3O3S. The number of hydrogen-bond donors (Lipinski definition) is 2. The molecule has 0 bridgehead atoms. The first kappa shape index (κ1) is 21.1. The molecule has 1 aromatic heterocycles. The number of H-pyrrole nitrogens is 1. The van der Waals surface area contributed by atoms with E-state index in [0.717, 1.165) is 51.1 Å². The van der Waals surface area contributed by atoms with Gasteiger partial charge in [-0.2, -0.15) is 9.35 Å². The van der Waals surface area contributed by atoms with Gasteiger partial charge in [0.25, 0.3) is 0 Å². The van der Waals surface area contributed by atoms with E-state index >= 15 is 0 Å². The summed E-state index contributed by atoms with van der Waals surface area (Å²) in [4.78, 5) is 4.61. The Balaban J connectivity index is 0.00000204. The summed E-state index contributed by atoms with van der Waals surface area (Å²) < 4.78 is 22.5. The van der Waals surface area contributed by atoms with Crippen molar-refractivity contribution in [3.63, 3.8) is 0 Å². The fourth-order valence-corrected chi connectivity index (χ4v) is 7.44. The van der Waals surface area contributed by atoms with Crippen LogP contribution in [-0.4, -0.2) is 36.4 Å². The normalized spacial score (nSPS) is 27.7. The number of methoxy groups -OCH3 is 1. The SMILES string of the molecule is COc1ccc2[nH]cc3c2c1CC(N1CCCCOS2(NCc4ccccc42)O1)C3.Cl. The Kier molecular flexibility index (Phi) is 5.66. The largest absolute Gasteiger partial charge is 0.496 e. The van der Waals surface area contributed by atoms with Gasteiger partial charge in [-0.15, -0.1) is 12.4 Å². The minimum Gasteiger partial charge on any atom is -0.496 e. The zero-order valence-electron chi connectivity index (χ0n) is 17.6. The van der Waals surface area contributed by atoms with E-state index in [2.05, 4.69) is 57.4 Å². The fourth-order valence-electron chi connectivity index (χ4n) is 4.99. The topological polar surface area (TPSA) is 58.8 Å². The van der Waals surface area contributed by atoms with Crippen molar-refractivity contribution in [3.8, 4) is 5.75 Å². The molecule has 1 fully saturated rings. The molecule has 2 atom stereocenters. The Hall–Kier alpha value is -1.74. The highest BCUT2D eigenvalue weighted by Gasteiger charge is 2.39. The second-order valence-electron chi connectivity index (χ2n) is 8.22. The number of aromatic nitrogens is 1. The molecule has 0 amide bonds. The summed E-state index contributed by atoms with van der Waals surface area (Å²) in [5.41, 5.74) is 5.07. The van der Waals surface area contributed by atoms with Crippen molar-refractivity contribution in [2.45, 2.75) is 43.2 Å². The van der Waals surface area contributed by atoms with Crippen LogP contribution in [0.4, 0.5) is 0 Å². The zero-order chi connectivity index (χ0) is 20.1. The summed E-state index contributed by atoms with van der Waals surface area (Å²) in [5.74, 6) is 0.961. The average Bonchev–Trinajstić information content (AvgIpc) is 3.34. The third-order valence-corrected chi connectivity index (χ3v) is 8.85. The lowest BCUT2D eigenvalue weighted by Crippen LogP contribution is -2.43. The summed E-state index contributed by atoms with van der Waals surface area (Å²) in [5, 5.41) is 3.53. The Morgan fingerprint density at radius 1 is 1.10 bits per heavy atom. The van der Waals surface area contributed by atoms with Gasteiger partial charge in [-0.25, -0.2) is 4.72 Å². The number of halogens is 1. The number of hydroxylamine groups is 2. The van der Waals surface area contributed by atoms with E-state index in [9.17, 15) is 0 Å². The molecule has 2 unspecified atom stereocenters. The molecule has 31 heavy (non-hydrogen) atoms. The van der Waals surface area contributed by atoms with E-state index in [1.165, 1.54) is 32.5 Å². The van der Waals surface area contributed by atoms with Crippen LogP contribution >= 0.6 is 23.2 Å². The molecule has 1 aliphatic carbocycles. The van der Waals surface area contributed by atoms with Gasteiger partial charge < -0.3 is 9.72 Å². The number of rotatable bonds is 2. The molecule has 1 saturated heterocycles. The van der Waals surface area contributed by atoms with Crippen molar-refractivity contribution in [2.75, 3.05) is 20.3 Å². The standard InChI is InChI=1S/C23H27N3O3S.ClH/c1-27-21-9-8-20-23-17(14-24-20)12-18(13-19(21)23)26-10-4-5-11-28-30(29-26)22-7-3-2-6-16(22)15-25-30;/h2-3,6-9,14,18,24-25H,4-5,10-13,15H2,1H3;1H. The molecule has 2 N–H and O–H groups in total. The van der Waals surface area contributed by atoms with Crippen LogP contribution in [-0.2, 0) is 27.9 Å². The molecule has 0 radical (unpaired) electrons. The van der Waals surface area contributed by atoms with Gasteiger partial charge in [-0.3, -0.25) is 4.18 Å². The van der Waals surface area contributed by atoms with E-state index in [-0.39, 0.29) is 18.4 Å². The van der Waals surface area contributed by atoms with Crippen molar-refractivity contribution < 1.29 is 13.2 Å². The predicted molar refractivity (Wildman–Crippen MR) is 125 cm³/mol. The lowest BCUT2D eigenvalue weighted by molar-refractivity contribution is -0.101. The van der Waals surface area contributed by atoms with Crippen molar-refractivity contribution in [3.05, 3.63) is 59.3 Å². The van der Waals surface area contributed by atoms with E-state index < -0.39 is 10.8 Å². The summed E-state index contributed by atoms with van der Waals surface area (Å²) in [6.45, 7) is 2.42. The summed E-state index contributed by atoms with van der Waals surface area (Å²) in [6, 6.07) is 12.9.